The summed E-state index contributed by atoms with van der Waals surface area (Å²) in [5.41, 5.74) is 9.27. The zero-order valence-electron chi connectivity index (χ0n) is 10.3. The van der Waals surface area contributed by atoms with Gasteiger partial charge < -0.3 is 5.73 Å². The summed E-state index contributed by atoms with van der Waals surface area (Å²) in [4.78, 5) is 4.65. The van der Waals surface area contributed by atoms with Gasteiger partial charge in [0.1, 0.15) is 0 Å². The van der Waals surface area contributed by atoms with E-state index in [0.29, 0.717) is 12.5 Å². The fourth-order valence-corrected chi connectivity index (χ4v) is 2.56. The minimum Gasteiger partial charge on any atom is -0.330 e. The number of hydrogen-bond acceptors (Lipinski definition) is 3. The molecule has 0 saturated heterocycles. The highest BCUT2D eigenvalue weighted by atomic mass is 32.1. The summed E-state index contributed by atoms with van der Waals surface area (Å²) >= 11 is 1.70. The monoisotopic (exact) mass is 246 g/mol. The number of thiazole rings is 1. The molecular weight excluding hydrogens is 228 g/mol. The Morgan fingerprint density at radius 2 is 2.00 bits per heavy atom. The van der Waals surface area contributed by atoms with Gasteiger partial charge in [0.2, 0.25) is 0 Å². The summed E-state index contributed by atoms with van der Waals surface area (Å²) in [5.74, 6) is 0.351. The van der Waals surface area contributed by atoms with Gasteiger partial charge in [0.25, 0.3) is 0 Å². The van der Waals surface area contributed by atoms with Crippen molar-refractivity contribution >= 4 is 11.3 Å². The van der Waals surface area contributed by atoms with Crippen molar-refractivity contribution in [1.82, 2.24) is 4.98 Å². The van der Waals surface area contributed by atoms with Crippen LogP contribution in [0.4, 0.5) is 0 Å². The van der Waals surface area contributed by atoms with Crippen LogP contribution in [0.3, 0.4) is 0 Å². The molecule has 90 valence electrons. The van der Waals surface area contributed by atoms with E-state index in [2.05, 4.69) is 48.5 Å². The predicted octanol–water partition coefficient (Wildman–Crippen LogP) is 3.43. The standard InChI is InChI=1S/C14H18N2S/c1-3-11-4-6-12(7-5-11)13-9-17-14(16-13)10(2)8-15/h4-7,9-10H,3,8,15H2,1-2H3. The van der Waals surface area contributed by atoms with E-state index in [-0.39, 0.29) is 0 Å². The summed E-state index contributed by atoms with van der Waals surface area (Å²) < 4.78 is 0. The molecule has 1 aromatic heterocycles. The second-order valence-corrected chi connectivity index (χ2v) is 5.15. The highest BCUT2D eigenvalue weighted by Gasteiger charge is 2.09. The Morgan fingerprint density at radius 1 is 1.29 bits per heavy atom. The van der Waals surface area contributed by atoms with Crippen LogP contribution in [0.2, 0.25) is 0 Å². The first-order valence-corrected chi connectivity index (χ1v) is 6.87. The van der Waals surface area contributed by atoms with Crippen molar-refractivity contribution in [2.75, 3.05) is 6.54 Å². The summed E-state index contributed by atoms with van der Waals surface area (Å²) in [6, 6.07) is 8.62. The van der Waals surface area contributed by atoms with Crippen LogP contribution in [0.25, 0.3) is 11.3 Å². The molecule has 0 aliphatic rings. The number of nitrogens with zero attached hydrogens (tertiary/aromatic N) is 1. The molecule has 0 aliphatic heterocycles. The number of rotatable bonds is 4. The Bertz CT molecular complexity index is 473. The third kappa shape index (κ3) is 2.73. The van der Waals surface area contributed by atoms with E-state index in [1.165, 1.54) is 11.1 Å². The first-order valence-electron chi connectivity index (χ1n) is 5.99. The molecule has 0 saturated carbocycles. The fourth-order valence-electron chi connectivity index (χ4n) is 1.66. The molecule has 2 nitrogen and oxygen atoms in total. The van der Waals surface area contributed by atoms with Crippen LogP contribution in [-0.4, -0.2) is 11.5 Å². The molecule has 2 rings (SSSR count). The number of aromatic nitrogens is 1. The molecular formula is C14H18N2S. The average Bonchev–Trinajstić information content (AvgIpc) is 2.87. The minimum atomic E-state index is 0.351. The van der Waals surface area contributed by atoms with Gasteiger partial charge in [-0.25, -0.2) is 4.98 Å². The van der Waals surface area contributed by atoms with E-state index in [9.17, 15) is 0 Å². The van der Waals surface area contributed by atoms with Gasteiger partial charge in [-0.1, -0.05) is 38.1 Å². The zero-order chi connectivity index (χ0) is 12.3. The molecule has 0 fully saturated rings. The molecule has 17 heavy (non-hydrogen) atoms. The van der Waals surface area contributed by atoms with E-state index in [1.807, 2.05) is 0 Å². The van der Waals surface area contributed by atoms with Gasteiger partial charge in [0, 0.05) is 23.4 Å². The zero-order valence-corrected chi connectivity index (χ0v) is 11.1. The molecule has 1 aromatic carbocycles. The highest BCUT2D eigenvalue weighted by Crippen LogP contribution is 2.26. The molecule has 0 spiro atoms. The highest BCUT2D eigenvalue weighted by molar-refractivity contribution is 7.10. The van der Waals surface area contributed by atoms with Crippen LogP contribution in [0.1, 0.15) is 30.3 Å². The number of benzene rings is 1. The lowest BCUT2D eigenvalue weighted by molar-refractivity contribution is 0.766. The van der Waals surface area contributed by atoms with Gasteiger partial charge in [-0.15, -0.1) is 11.3 Å². The van der Waals surface area contributed by atoms with E-state index in [0.717, 1.165) is 17.1 Å². The Balaban J connectivity index is 2.24. The van der Waals surface area contributed by atoms with Gasteiger partial charge in [0.15, 0.2) is 0 Å². The SMILES string of the molecule is CCc1ccc(-c2csc(C(C)CN)n2)cc1. The molecule has 0 radical (unpaired) electrons. The molecule has 0 bridgehead atoms. The molecule has 1 unspecified atom stereocenters. The number of aryl methyl sites for hydroxylation is 1. The predicted molar refractivity (Wildman–Crippen MR) is 74.4 cm³/mol. The topological polar surface area (TPSA) is 38.9 Å². The normalized spacial score (nSPS) is 12.6. The first kappa shape index (κ1) is 12.3. The molecule has 2 N–H and O–H groups in total. The smallest absolute Gasteiger partial charge is 0.0973 e. The largest absolute Gasteiger partial charge is 0.330 e. The fraction of sp³-hybridized carbons (Fsp3) is 0.357. The lowest BCUT2D eigenvalue weighted by Gasteiger charge is -2.02. The lowest BCUT2D eigenvalue weighted by Crippen LogP contribution is -2.08. The van der Waals surface area contributed by atoms with Gasteiger partial charge in [-0.3, -0.25) is 0 Å². The third-order valence-electron chi connectivity index (χ3n) is 2.96. The van der Waals surface area contributed by atoms with Crippen molar-refractivity contribution in [3.05, 3.63) is 40.2 Å². The van der Waals surface area contributed by atoms with Crippen LogP contribution in [0.15, 0.2) is 29.6 Å². The molecule has 0 amide bonds. The number of nitrogens with two attached hydrogens (primary N) is 1. The van der Waals surface area contributed by atoms with Crippen LogP contribution in [0.5, 0.6) is 0 Å². The van der Waals surface area contributed by atoms with Gasteiger partial charge in [-0.05, 0) is 12.0 Å². The van der Waals surface area contributed by atoms with Crippen molar-refractivity contribution in [2.24, 2.45) is 5.73 Å². The van der Waals surface area contributed by atoms with E-state index in [1.54, 1.807) is 11.3 Å². The van der Waals surface area contributed by atoms with Crippen LogP contribution in [-0.2, 0) is 6.42 Å². The van der Waals surface area contributed by atoms with E-state index < -0.39 is 0 Å². The summed E-state index contributed by atoms with van der Waals surface area (Å²) in [6.07, 6.45) is 1.08. The van der Waals surface area contributed by atoms with Crippen molar-refractivity contribution in [3.63, 3.8) is 0 Å². The third-order valence-corrected chi connectivity index (χ3v) is 4.03. The Labute approximate surface area is 107 Å². The molecule has 1 atom stereocenters. The van der Waals surface area contributed by atoms with Crippen LogP contribution < -0.4 is 5.73 Å². The van der Waals surface area contributed by atoms with Crippen molar-refractivity contribution < 1.29 is 0 Å². The maximum atomic E-state index is 5.66. The molecule has 2 aromatic rings. The second kappa shape index (κ2) is 5.43. The maximum absolute atomic E-state index is 5.66. The van der Waals surface area contributed by atoms with Crippen molar-refractivity contribution in [1.29, 1.82) is 0 Å². The Morgan fingerprint density at radius 3 is 2.59 bits per heavy atom. The quantitative estimate of drug-likeness (QED) is 0.897. The number of hydrogen-bond donors (Lipinski definition) is 1. The van der Waals surface area contributed by atoms with Gasteiger partial charge >= 0.3 is 0 Å². The average molecular weight is 246 g/mol. The van der Waals surface area contributed by atoms with Crippen molar-refractivity contribution in [3.8, 4) is 11.3 Å². The lowest BCUT2D eigenvalue weighted by atomic mass is 10.1. The summed E-state index contributed by atoms with van der Waals surface area (Å²) in [5, 5.41) is 3.24. The second-order valence-electron chi connectivity index (χ2n) is 4.26. The maximum Gasteiger partial charge on any atom is 0.0973 e. The van der Waals surface area contributed by atoms with Gasteiger partial charge in [-0.2, -0.15) is 0 Å². The summed E-state index contributed by atoms with van der Waals surface area (Å²) in [7, 11) is 0. The Kier molecular flexibility index (Phi) is 3.92. The van der Waals surface area contributed by atoms with Crippen LogP contribution >= 0.6 is 11.3 Å². The van der Waals surface area contributed by atoms with Crippen LogP contribution in [0, 0.1) is 0 Å². The van der Waals surface area contributed by atoms with E-state index >= 15 is 0 Å². The van der Waals surface area contributed by atoms with Gasteiger partial charge in [0.05, 0.1) is 10.7 Å². The molecule has 0 aliphatic carbocycles. The minimum absolute atomic E-state index is 0.351. The summed E-state index contributed by atoms with van der Waals surface area (Å²) in [6.45, 7) is 4.93. The van der Waals surface area contributed by atoms with E-state index in [4.69, 9.17) is 5.73 Å². The molecule has 3 heteroatoms. The molecule has 1 heterocycles. The van der Waals surface area contributed by atoms with Crippen molar-refractivity contribution in [2.45, 2.75) is 26.2 Å². The first-order chi connectivity index (χ1) is 8.24. The Hall–Kier alpha value is -1.19.